The lowest BCUT2D eigenvalue weighted by Crippen LogP contribution is -2.26. The van der Waals surface area contributed by atoms with E-state index in [1.165, 1.54) is 10.8 Å². The zero-order valence-corrected chi connectivity index (χ0v) is 19.1. The fourth-order valence-electron chi connectivity index (χ4n) is 4.06. The van der Waals surface area contributed by atoms with Crippen LogP contribution in [0.4, 0.5) is 0 Å². The molecule has 5 aromatic carbocycles. The van der Waals surface area contributed by atoms with E-state index in [1.807, 2.05) is 78.9 Å². The van der Waals surface area contributed by atoms with E-state index in [0.29, 0.717) is 5.75 Å². The number of hydrogen-bond donors (Lipinski definition) is 1. The van der Waals surface area contributed by atoms with Gasteiger partial charge in [0, 0.05) is 17.8 Å². The van der Waals surface area contributed by atoms with Gasteiger partial charge in [-0.15, -0.1) is 0 Å². The topological polar surface area (TPSA) is 51.6 Å². The Balaban J connectivity index is 0.000000371. The third-order valence-corrected chi connectivity index (χ3v) is 5.72. The maximum absolute atomic E-state index is 10.3. The van der Waals surface area contributed by atoms with Crippen molar-refractivity contribution in [2.75, 3.05) is 0 Å². The quantitative estimate of drug-likeness (QED) is 0.176. The molecule has 0 bridgehead atoms. The van der Waals surface area contributed by atoms with Crippen LogP contribution in [0.25, 0.3) is 32.3 Å². The van der Waals surface area contributed by atoms with Crippen LogP contribution in [0.1, 0.15) is 5.56 Å². The second-order valence-electron chi connectivity index (χ2n) is 8.09. The van der Waals surface area contributed by atoms with Gasteiger partial charge in [-0.25, -0.2) is 0 Å². The molecular weight excluding hydrogens is 433 g/mol. The van der Waals surface area contributed by atoms with Crippen LogP contribution in [-0.4, -0.2) is 17.3 Å². The van der Waals surface area contributed by atoms with E-state index < -0.39 is 7.32 Å². The van der Waals surface area contributed by atoms with Crippen molar-refractivity contribution in [2.24, 2.45) is 0 Å². The van der Waals surface area contributed by atoms with Gasteiger partial charge in [-0.05, 0) is 62.8 Å². The highest BCUT2D eigenvalue weighted by atomic mass is 16.7. The first kappa shape index (κ1) is 22.6. The number of fused-ring (bicyclic) bond motifs is 4. The fourth-order valence-corrected chi connectivity index (χ4v) is 4.06. The predicted molar refractivity (Wildman–Crippen MR) is 143 cm³/mol. The fraction of sp³-hybridized carbons (Fsp3) is 0.0333. The molecule has 0 aliphatic rings. The normalized spacial score (nSPS) is 10.7. The van der Waals surface area contributed by atoms with Crippen LogP contribution in [0, 0.1) is 0 Å². The lowest BCUT2D eigenvalue weighted by Gasteiger charge is -2.14. The first-order chi connectivity index (χ1) is 17.3. The van der Waals surface area contributed by atoms with Crippen LogP contribution in [-0.2, 0) is 11.3 Å². The number of pyridine rings is 1. The Morgan fingerprint density at radius 3 is 2.00 bits per heavy atom. The Bertz CT molecular complexity index is 1510. The predicted octanol–water partition coefficient (Wildman–Crippen LogP) is 6.80. The Hall–Kier alpha value is -4.19. The molecule has 0 fully saturated rings. The molecule has 0 saturated heterocycles. The summed E-state index contributed by atoms with van der Waals surface area (Å²) in [7, 11) is -1.35. The van der Waals surface area contributed by atoms with Crippen molar-refractivity contribution in [3.8, 4) is 5.75 Å². The van der Waals surface area contributed by atoms with E-state index in [-0.39, 0.29) is 6.61 Å². The number of rotatable bonds is 5. The van der Waals surface area contributed by atoms with Gasteiger partial charge in [0.1, 0.15) is 5.75 Å². The highest BCUT2D eigenvalue weighted by Crippen LogP contribution is 2.35. The number of aromatic nitrogens is 1. The Labute approximate surface area is 204 Å². The van der Waals surface area contributed by atoms with Crippen molar-refractivity contribution >= 4 is 39.6 Å². The molecule has 6 rings (SSSR count). The third kappa shape index (κ3) is 5.49. The highest BCUT2D eigenvalue weighted by molar-refractivity contribution is 6.36. The van der Waals surface area contributed by atoms with Crippen LogP contribution in [0.3, 0.4) is 0 Å². The molecule has 1 N–H and O–H groups in total. The first-order valence-corrected chi connectivity index (χ1v) is 11.5. The summed E-state index contributed by atoms with van der Waals surface area (Å²) in [6.45, 7) is 0.276. The second kappa shape index (κ2) is 10.8. The molecule has 0 aliphatic carbocycles. The molecule has 170 valence electrons. The zero-order chi connectivity index (χ0) is 23.9. The maximum Gasteiger partial charge on any atom is 0.710 e. The summed E-state index contributed by atoms with van der Waals surface area (Å²) in [5.41, 5.74) is 0.977. The molecule has 4 nitrogen and oxygen atoms in total. The molecule has 0 unspecified atom stereocenters. The summed E-state index contributed by atoms with van der Waals surface area (Å²) in [6.07, 6.45) is 3.50. The molecule has 0 atom stereocenters. The average Bonchev–Trinajstić information content (AvgIpc) is 2.92. The SMILES string of the molecule is OB(OCc1ccccc1)Oc1cccc2ccc3cc4ccccc4cc3c12.c1ccncc1. The van der Waals surface area contributed by atoms with E-state index in [0.717, 1.165) is 27.1 Å². The van der Waals surface area contributed by atoms with E-state index in [4.69, 9.17) is 9.31 Å². The summed E-state index contributed by atoms with van der Waals surface area (Å²) in [6, 6.07) is 38.1. The van der Waals surface area contributed by atoms with Crippen LogP contribution in [0.15, 0.2) is 128 Å². The van der Waals surface area contributed by atoms with E-state index in [1.54, 1.807) is 12.4 Å². The Kier molecular flexibility index (Phi) is 6.99. The third-order valence-electron chi connectivity index (χ3n) is 5.72. The van der Waals surface area contributed by atoms with Gasteiger partial charge >= 0.3 is 7.32 Å². The molecule has 0 radical (unpaired) electrons. The van der Waals surface area contributed by atoms with Crippen LogP contribution < -0.4 is 4.65 Å². The van der Waals surface area contributed by atoms with E-state index >= 15 is 0 Å². The van der Waals surface area contributed by atoms with E-state index in [2.05, 4.69) is 41.4 Å². The van der Waals surface area contributed by atoms with Gasteiger partial charge in [-0.3, -0.25) is 4.98 Å². The summed E-state index contributed by atoms with van der Waals surface area (Å²) in [4.78, 5) is 3.78. The number of benzene rings is 5. The van der Waals surface area contributed by atoms with Gasteiger partial charge in [0.2, 0.25) is 0 Å². The van der Waals surface area contributed by atoms with Crippen molar-refractivity contribution in [1.29, 1.82) is 0 Å². The summed E-state index contributed by atoms with van der Waals surface area (Å²) < 4.78 is 11.3. The largest absolute Gasteiger partial charge is 0.710 e. The summed E-state index contributed by atoms with van der Waals surface area (Å²) >= 11 is 0. The van der Waals surface area contributed by atoms with Gasteiger partial charge in [-0.1, -0.05) is 84.9 Å². The van der Waals surface area contributed by atoms with Crippen molar-refractivity contribution in [3.63, 3.8) is 0 Å². The monoisotopic (exact) mass is 457 g/mol. The maximum atomic E-state index is 10.3. The second-order valence-corrected chi connectivity index (χ2v) is 8.09. The summed E-state index contributed by atoms with van der Waals surface area (Å²) in [5, 5.41) is 16.9. The standard InChI is InChI=1S/C25H19BO3.C5H5N/c27-26(28-17-18-7-2-1-3-8-18)29-24-12-6-11-19-13-14-22-15-20-9-4-5-10-21(20)16-23(22)25(19)24;1-2-4-6-5-3-1/h1-16,27H,17H2;1-5H. The van der Waals surface area contributed by atoms with Crippen molar-refractivity contribution in [3.05, 3.63) is 133 Å². The molecular formula is C30H24BNO3. The van der Waals surface area contributed by atoms with Crippen LogP contribution in [0.5, 0.6) is 5.75 Å². The minimum Gasteiger partial charge on any atom is -0.511 e. The minimum absolute atomic E-state index is 0.276. The van der Waals surface area contributed by atoms with Gasteiger partial charge < -0.3 is 14.3 Å². The lowest BCUT2D eigenvalue weighted by atomic mass is 9.97. The van der Waals surface area contributed by atoms with Gasteiger partial charge in [0.15, 0.2) is 0 Å². The Morgan fingerprint density at radius 2 is 1.29 bits per heavy atom. The van der Waals surface area contributed by atoms with Gasteiger partial charge in [-0.2, -0.15) is 0 Å². The molecule has 1 heterocycles. The van der Waals surface area contributed by atoms with Crippen LogP contribution in [0.2, 0.25) is 0 Å². The molecule has 6 aromatic rings. The van der Waals surface area contributed by atoms with Gasteiger partial charge in [0.25, 0.3) is 0 Å². The molecule has 35 heavy (non-hydrogen) atoms. The molecule has 0 saturated carbocycles. The molecule has 0 spiro atoms. The van der Waals surface area contributed by atoms with Gasteiger partial charge in [0.05, 0.1) is 6.61 Å². The highest BCUT2D eigenvalue weighted by Gasteiger charge is 2.20. The van der Waals surface area contributed by atoms with Crippen molar-refractivity contribution in [1.82, 2.24) is 4.98 Å². The molecule has 0 aliphatic heterocycles. The van der Waals surface area contributed by atoms with Crippen molar-refractivity contribution < 1.29 is 14.3 Å². The van der Waals surface area contributed by atoms with Crippen LogP contribution >= 0.6 is 0 Å². The van der Waals surface area contributed by atoms with Crippen molar-refractivity contribution in [2.45, 2.75) is 6.61 Å². The smallest absolute Gasteiger partial charge is 0.511 e. The Morgan fingerprint density at radius 1 is 0.629 bits per heavy atom. The minimum atomic E-state index is -1.35. The molecule has 0 amide bonds. The molecule has 5 heteroatoms. The first-order valence-electron chi connectivity index (χ1n) is 11.5. The average molecular weight is 457 g/mol. The zero-order valence-electron chi connectivity index (χ0n) is 19.1. The van der Waals surface area contributed by atoms with E-state index in [9.17, 15) is 5.02 Å². The lowest BCUT2D eigenvalue weighted by molar-refractivity contribution is 0.185. The number of hydrogen-bond acceptors (Lipinski definition) is 4. The summed E-state index contributed by atoms with van der Waals surface area (Å²) in [5.74, 6) is 0.601. The molecule has 1 aromatic heterocycles. The number of nitrogens with zero attached hydrogens (tertiary/aromatic N) is 1.